The van der Waals surface area contributed by atoms with Gasteiger partial charge in [0.15, 0.2) is 6.10 Å². The van der Waals surface area contributed by atoms with Gasteiger partial charge < -0.3 is 20.1 Å². The molecule has 1 rings (SSSR count). The highest BCUT2D eigenvalue weighted by Crippen LogP contribution is 1.99. The van der Waals surface area contributed by atoms with Crippen LogP contribution >= 0.6 is 0 Å². The molecule has 1 saturated heterocycles. The van der Waals surface area contributed by atoms with E-state index in [2.05, 4.69) is 10.6 Å². The van der Waals surface area contributed by atoms with Crippen molar-refractivity contribution in [2.45, 2.75) is 6.10 Å². The lowest BCUT2D eigenvalue weighted by molar-refractivity contribution is -0.144. The minimum atomic E-state index is -0.463. The third-order valence-electron chi connectivity index (χ3n) is 1.50. The number of alkyl carbamates (subject to hydrolysis) is 1. The summed E-state index contributed by atoms with van der Waals surface area (Å²) < 4.78 is 9.54. The Hall–Kier alpha value is -1.30. The van der Waals surface area contributed by atoms with Crippen LogP contribution in [0.4, 0.5) is 4.79 Å². The topological polar surface area (TPSA) is 76.7 Å². The lowest BCUT2D eigenvalue weighted by Crippen LogP contribution is -2.27. The van der Waals surface area contributed by atoms with Gasteiger partial charge in [-0.3, -0.25) is 4.79 Å². The number of rotatable bonds is 4. The van der Waals surface area contributed by atoms with Gasteiger partial charge in [-0.1, -0.05) is 0 Å². The summed E-state index contributed by atoms with van der Waals surface area (Å²) in [5.41, 5.74) is 0. The van der Waals surface area contributed by atoms with Crippen LogP contribution in [0.25, 0.3) is 0 Å². The van der Waals surface area contributed by atoms with Crippen molar-refractivity contribution < 1.29 is 19.1 Å². The molecule has 1 aliphatic heterocycles. The number of nitrogens with one attached hydrogen (secondary N) is 2. The number of carbonyl (C=O) groups excluding carboxylic acids is 2. The van der Waals surface area contributed by atoms with Gasteiger partial charge >= 0.3 is 12.1 Å². The Labute approximate surface area is 75.6 Å². The highest BCUT2D eigenvalue weighted by atomic mass is 16.6. The van der Waals surface area contributed by atoms with E-state index in [0.717, 1.165) is 0 Å². The monoisotopic (exact) mass is 188 g/mol. The van der Waals surface area contributed by atoms with E-state index in [4.69, 9.17) is 9.47 Å². The number of hydrogen-bond donors (Lipinski definition) is 2. The normalized spacial score (nSPS) is 20.7. The number of ether oxygens (including phenoxy) is 2. The van der Waals surface area contributed by atoms with E-state index >= 15 is 0 Å². The van der Waals surface area contributed by atoms with Crippen molar-refractivity contribution >= 4 is 12.1 Å². The second-order valence-electron chi connectivity index (χ2n) is 2.62. The molecule has 6 nitrogen and oxygen atoms in total. The van der Waals surface area contributed by atoms with Crippen molar-refractivity contribution in [2.24, 2.45) is 0 Å². The second kappa shape index (κ2) is 4.66. The van der Waals surface area contributed by atoms with Gasteiger partial charge in [0.2, 0.25) is 0 Å². The lowest BCUT2D eigenvalue weighted by atomic mass is 10.4. The fourth-order valence-corrected chi connectivity index (χ4v) is 0.906. The molecule has 1 heterocycles. The van der Waals surface area contributed by atoms with Gasteiger partial charge in [-0.25, -0.2) is 4.79 Å². The van der Waals surface area contributed by atoms with Gasteiger partial charge in [-0.05, 0) is 7.05 Å². The molecule has 74 valence electrons. The zero-order valence-electron chi connectivity index (χ0n) is 7.33. The van der Waals surface area contributed by atoms with E-state index in [0.29, 0.717) is 6.54 Å². The van der Waals surface area contributed by atoms with Crippen molar-refractivity contribution in [3.8, 4) is 0 Å². The molecular formula is C7H12N2O4. The average molecular weight is 188 g/mol. The average Bonchev–Trinajstić information content (AvgIpc) is 2.49. The number of cyclic esters (lactones) is 1. The number of hydrogen-bond acceptors (Lipinski definition) is 5. The molecule has 0 spiro atoms. The highest BCUT2D eigenvalue weighted by Gasteiger charge is 2.23. The fourth-order valence-electron chi connectivity index (χ4n) is 0.906. The van der Waals surface area contributed by atoms with Gasteiger partial charge in [-0.15, -0.1) is 0 Å². The molecule has 0 aliphatic carbocycles. The van der Waals surface area contributed by atoms with Crippen LogP contribution in [0.2, 0.25) is 0 Å². The van der Waals surface area contributed by atoms with Crippen LogP contribution in [0.1, 0.15) is 0 Å². The summed E-state index contributed by atoms with van der Waals surface area (Å²) in [5, 5.41) is 5.11. The molecule has 0 aromatic rings. The van der Waals surface area contributed by atoms with E-state index in [1.807, 2.05) is 0 Å². The van der Waals surface area contributed by atoms with Crippen molar-refractivity contribution in [3.63, 3.8) is 0 Å². The Kier molecular flexibility index (Phi) is 3.51. The number of esters is 1. The number of amides is 1. The first-order valence-electron chi connectivity index (χ1n) is 3.97. The Morgan fingerprint density at radius 2 is 2.62 bits per heavy atom. The predicted molar refractivity (Wildman–Crippen MR) is 43.2 cm³/mol. The fraction of sp³-hybridized carbons (Fsp3) is 0.714. The van der Waals surface area contributed by atoms with Crippen LogP contribution in [-0.4, -0.2) is 44.9 Å². The minimum absolute atomic E-state index is 0.110. The molecule has 2 N–H and O–H groups in total. The van der Waals surface area contributed by atoms with Gasteiger partial charge in [0, 0.05) is 0 Å². The summed E-state index contributed by atoms with van der Waals surface area (Å²) in [6.45, 7) is 0.666. The van der Waals surface area contributed by atoms with Crippen LogP contribution in [-0.2, 0) is 14.3 Å². The second-order valence-corrected chi connectivity index (χ2v) is 2.62. The predicted octanol–water partition coefficient (Wildman–Crippen LogP) is -1.14. The molecule has 13 heavy (non-hydrogen) atoms. The third kappa shape index (κ3) is 3.29. The molecule has 1 aliphatic rings. The molecule has 6 heteroatoms. The van der Waals surface area contributed by atoms with Gasteiger partial charge in [-0.2, -0.15) is 0 Å². The first kappa shape index (κ1) is 9.79. The third-order valence-corrected chi connectivity index (χ3v) is 1.50. The SMILES string of the molecule is CNCC(=O)OC[C@H]1CNC(=O)O1. The Morgan fingerprint density at radius 1 is 1.85 bits per heavy atom. The van der Waals surface area contributed by atoms with E-state index in [1.54, 1.807) is 7.05 Å². The Balaban J connectivity index is 2.12. The molecule has 1 atom stereocenters. The van der Waals surface area contributed by atoms with Crippen LogP contribution in [0.15, 0.2) is 0 Å². The molecule has 0 unspecified atom stereocenters. The van der Waals surface area contributed by atoms with E-state index in [1.165, 1.54) is 0 Å². The van der Waals surface area contributed by atoms with Gasteiger partial charge in [0.05, 0.1) is 13.1 Å². The van der Waals surface area contributed by atoms with Crippen LogP contribution in [0.3, 0.4) is 0 Å². The van der Waals surface area contributed by atoms with Gasteiger partial charge in [0.25, 0.3) is 0 Å². The standard InChI is InChI=1S/C7H12N2O4/c1-8-3-6(10)12-4-5-2-9-7(11)13-5/h5,8H,2-4H2,1H3,(H,9,11)/t5-/m1/s1. The zero-order valence-corrected chi connectivity index (χ0v) is 7.33. The molecule has 1 amide bonds. The zero-order chi connectivity index (χ0) is 9.68. The van der Waals surface area contributed by atoms with Gasteiger partial charge in [0.1, 0.15) is 6.61 Å². The Morgan fingerprint density at radius 3 is 3.15 bits per heavy atom. The van der Waals surface area contributed by atoms with E-state index in [9.17, 15) is 9.59 Å². The van der Waals surface area contributed by atoms with Crippen molar-refractivity contribution in [1.82, 2.24) is 10.6 Å². The van der Waals surface area contributed by atoms with E-state index in [-0.39, 0.29) is 25.2 Å². The maximum absolute atomic E-state index is 10.8. The number of likely N-dealkylation sites (N-methyl/N-ethyl adjacent to an activating group) is 1. The van der Waals surface area contributed by atoms with Crippen molar-refractivity contribution in [1.29, 1.82) is 0 Å². The molecule has 0 radical (unpaired) electrons. The quantitative estimate of drug-likeness (QED) is 0.545. The van der Waals surface area contributed by atoms with Crippen LogP contribution < -0.4 is 10.6 Å². The molecular weight excluding hydrogens is 176 g/mol. The van der Waals surface area contributed by atoms with Crippen LogP contribution in [0, 0.1) is 0 Å². The first-order chi connectivity index (χ1) is 6.22. The summed E-state index contributed by atoms with van der Waals surface area (Å²) in [6, 6.07) is 0. The molecule has 0 saturated carbocycles. The molecule has 0 aromatic heterocycles. The maximum Gasteiger partial charge on any atom is 0.407 e. The summed E-state index contributed by atoms with van der Waals surface area (Å²) in [4.78, 5) is 21.4. The maximum atomic E-state index is 10.8. The van der Waals surface area contributed by atoms with Crippen molar-refractivity contribution in [3.05, 3.63) is 0 Å². The molecule has 1 fully saturated rings. The van der Waals surface area contributed by atoms with E-state index < -0.39 is 6.09 Å². The molecule has 0 aromatic carbocycles. The number of carbonyl (C=O) groups is 2. The Bertz CT molecular complexity index is 207. The van der Waals surface area contributed by atoms with Crippen LogP contribution in [0.5, 0.6) is 0 Å². The lowest BCUT2D eigenvalue weighted by Gasteiger charge is -2.08. The summed E-state index contributed by atoms with van der Waals surface area (Å²) in [5.74, 6) is -0.356. The smallest absolute Gasteiger partial charge is 0.407 e. The largest absolute Gasteiger partial charge is 0.461 e. The first-order valence-corrected chi connectivity index (χ1v) is 3.97. The summed E-state index contributed by atoms with van der Waals surface area (Å²) in [6.07, 6.45) is -0.817. The summed E-state index contributed by atoms with van der Waals surface area (Å²) in [7, 11) is 1.65. The van der Waals surface area contributed by atoms with Crippen molar-refractivity contribution in [2.75, 3.05) is 26.7 Å². The highest BCUT2D eigenvalue weighted by molar-refractivity contribution is 5.72. The molecule has 0 bridgehead atoms. The minimum Gasteiger partial charge on any atom is -0.461 e. The summed E-state index contributed by atoms with van der Waals surface area (Å²) >= 11 is 0.